The highest BCUT2D eigenvalue weighted by atomic mass is 35.5. The Kier molecular flexibility index (Phi) is 2.44. The molecule has 70 valence electrons. The van der Waals surface area contributed by atoms with Crippen molar-refractivity contribution in [3.05, 3.63) is 4.47 Å². The summed E-state index contributed by atoms with van der Waals surface area (Å²) in [5.41, 5.74) is 0. The van der Waals surface area contributed by atoms with Gasteiger partial charge in [-0.15, -0.1) is 10.2 Å². The van der Waals surface area contributed by atoms with Crippen LogP contribution >= 0.6 is 35.6 Å². The van der Waals surface area contributed by atoms with Crippen LogP contribution < -0.4 is 4.90 Å². The molecule has 7 heteroatoms. The predicted octanol–water partition coefficient (Wildman–Crippen LogP) is 1.23. The Hall–Kier alpha value is -0.330. The largest absolute Gasteiger partial charge is 0.285 e. The fourth-order valence-corrected chi connectivity index (χ4v) is 2.35. The average Bonchev–Trinajstić information content (AvgIpc) is 2.58. The van der Waals surface area contributed by atoms with E-state index in [1.165, 1.54) is 11.3 Å². The van der Waals surface area contributed by atoms with Gasteiger partial charge >= 0.3 is 0 Å². The highest BCUT2D eigenvalue weighted by Crippen LogP contribution is 2.28. The first-order valence-corrected chi connectivity index (χ1v) is 5.35. The van der Waals surface area contributed by atoms with Crippen molar-refractivity contribution in [1.29, 1.82) is 0 Å². The molecule has 0 aliphatic carbocycles. The topological polar surface area (TPSA) is 46.1 Å². The zero-order valence-corrected chi connectivity index (χ0v) is 8.94. The first kappa shape index (κ1) is 9.23. The number of hydrogen-bond donors (Lipinski definition) is 1. The van der Waals surface area contributed by atoms with E-state index in [2.05, 4.69) is 22.8 Å². The maximum Gasteiger partial charge on any atom is 0.230 e. The summed E-state index contributed by atoms with van der Waals surface area (Å²) in [4.78, 5) is 12.9. The second kappa shape index (κ2) is 3.43. The summed E-state index contributed by atoms with van der Waals surface area (Å²) in [6, 6.07) is 0. The van der Waals surface area contributed by atoms with Crippen LogP contribution in [0.3, 0.4) is 0 Å². The van der Waals surface area contributed by atoms with Crippen LogP contribution in [0, 0.1) is 0 Å². The quantitative estimate of drug-likeness (QED) is 0.745. The van der Waals surface area contributed by atoms with E-state index in [0.29, 0.717) is 22.6 Å². The zero-order chi connectivity index (χ0) is 9.42. The lowest BCUT2D eigenvalue weighted by Gasteiger charge is -2.09. The predicted molar refractivity (Wildman–Crippen MR) is 54.7 cm³/mol. The summed E-state index contributed by atoms with van der Waals surface area (Å²) >= 11 is 11.0. The molecular formula is C6H6ClN3OS2. The number of carbonyl (C=O) groups excluding carboxylic acids is 1. The minimum absolute atomic E-state index is 0.0350. The molecule has 2 heterocycles. The summed E-state index contributed by atoms with van der Waals surface area (Å²) in [5.74, 6) is 0.0350. The molecule has 1 fully saturated rings. The molecule has 1 unspecified atom stereocenters. The van der Waals surface area contributed by atoms with E-state index in [-0.39, 0.29) is 11.2 Å². The molecule has 1 aromatic rings. The van der Waals surface area contributed by atoms with Crippen LogP contribution in [0.1, 0.15) is 6.42 Å². The van der Waals surface area contributed by atoms with Gasteiger partial charge in [0.2, 0.25) is 15.5 Å². The molecule has 1 aliphatic heterocycles. The lowest BCUT2D eigenvalue weighted by atomic mass is 10.4. The number of carbonyl (C=O) groups is 1. The summed E-state index contributed by atoms with van der Waals surface area (Å²) < 4.78 is 0.352. The Balaban J connectivity index is 2.22. The molecule has 2 rings (SSSR count). The minimum Gasteiger partial charge on any atom is -0.285 e. The monoisotopic (exact) mass is 235 g/mol. The Morgan fingerprint density at radius 2 is 2.38 bits per heavy atom. The number of amides is 1. The van der Waals surface area contributed by atoms with Crippen molar-refractivity contribution in [1.82, 2.24) is 10.2 Å². The molecule has 0 spiro atoms. The molecule has 1 amide bonds. The maximum absolute atomic E-state index is 11.4. The Bertz CT molecular complexity index is 342. The summed E-state index contributed by atoms with van der Waals surface area (Å²) in [7, 11) is 0. The number of aromatic nitrogens is 2. The van der Waals surface area contributed by atoms with Crippen molar-refractivity contribution in [2.75, 3.05) is 11.4 Å². The third-order valence-electron chi connectivity index (χ3n) is 1.73. The van der Waals surface area contributed by atoms with Crippen molar-refractivity contribution in [3.8, 4) is 0 Å². The van der Waals surface area contributed by atoms with Crippen molar-refractivity contribution < 1.29 is 4.79 Å². The molecule has 1 saturated heterocycles. The van der Waals surface area contributed by atoms with E-state index < -0.39 is 0 Å². The number of rotatable bonds is 1. The Morgan fingerprint density at radius 1 is 1.62 bits per heavy atom. The van der Waals surface area contributed by atoms with Gasteiger partial charge in [0, 0.05) is 18.2 Å². The summed E-state index contributed by atoms with van der Waals surface area (Å²) in [6.45, 7) is 0.591. The van der Waals surface area contributed by atoms with Gasteiger partial charge in [-0.25, -0.2) is 0 Å². The van der Waals surface area contributed by atoms with Crippen molar-refractivity contribution >= 4 is 46.6 Å². The van der Waals surface area contributed by atoms with Gasteiger partial charge in [-0.05, 0) is 11.6 Å². The molecule has 1 atom stereocenters. The molecule has 0 N–H and O–H groups in total. The summed E-state index contributed by atoms with van der Waals surface area (Å²) in [5, 5.41) is 8.08. The zero-order valence-electron chi connectivity index (χ0n) is 6.47. The van der Waals surface area contributed by atoms with Crippen LogP contribution in [-0.2, 0) is 4.79 Å². The van der Waals surface area contributed by atoms with Crippen LogP contribution in [0.15, 0.2) is 0 Å². The van der Waals surface area contributed by atoms with Crippen LogP contribution in [0.25, 0.3) is 0 Å². The van der Waals surface area contributed by atoms with E-state index in [0.717, 1.165) is 0 Å². The van der Waals surface area contributed by atoms with Gasteiger partial charge in [-0.3, -0.25) is 9.69 Å². The van der Waals surface area contributed by atoms with Gasteiger partial charge in [-0.1, -0.05) is 11.3 Å². The average molecular weight is 236 g/mol. The van der Waals surface area contributed by atoms with Crippen molar-refractivity contribution in [3.63, 3.8) is 0 Å². The molecule has 1 aromatic heterocycles. The van der Waals surface area contributed by atoms with Gasteiger partial charge in [-0.2, -0.15) is 12.6 Å². The highest BCUT2D eigenvalue weighted by molar-refractivity contribution is 7.81. The maximum atomic E-state index is 11.4. The number of thiol groups is 1. The molecule has 0 bridgehead atoms. The van der Waals surface area contributed by atoms with Crippen LogP contribution in [-0.4, -0.2) is 27.9 Å². The normalized spacial score (nSPS) is 22.8. The lowest BCUT2D eigenvalue weighted by molar-refractivity contribution is -0.117. The van der Waals surface area contributed by atoms with E-state index in [1.54, 1.807) is 4.90 Å². The number of nitrogens with zero attached hydrogens (tertiary/aromatic N) is 3. The van der Waals surface area contributed by atoms with Gasteiger partial charge in [0.15, 0.2) is 0 Å². The Morgan fingerprint density at radius 3 is 2.85 bits per heavy atom. The highest BCUT2D eigenvalue weighted by Gasteiger charge is 2.30. The molecule has 0 saturated carbocycles. The van der Waals surface area contributed by atoms with E-state index in [4.69, 9.17) is 11.6 Å². The van der Waals surface area contributed by atoms with E-state index in [1.807, 2.05) is 0 Å². The smallest absolute Gasteiger partial charge is 0.230 e. The Labute approximate surface area is 89.3 Å². The van der Waals surface area contributed by atoms with Crippen LogP contribution in [0.5, 0.6) is 0 Å². The second-order valence-electron chi connectivity index (χ2n) is 2.70. The summed E-state index contributed by atoms with van der Waals surface area (Å²) in [6.07, 6.45) is 0.459. The van der Waals surface area contributed by atoms with Crippen molar-refractivity contribution in [2.45, 2.75) is 11.7 Å². The number of anilines is 1. The van der Waals surface area contributed by atoms with Gasteiger partial charge < -0.3 is 0 Å². The van der Waals surface area contributed by atoms with E-state index in [9.17, 15) is 4.79 Å². The van der Waals surface area contributed by atoms with Gasteiger partial charge in [0.05, 0.1) is 0 Å². The second-order valence-corrected chi connectivity index (χ2v) is 4.97. The van der Waals surface area contributed by atoms with Crippen molar-refractivity contribution in [2.24, 2.45) is 0 Å². The molecule has 13 heavy (non-hydrogen) atoms. The third-order valence-corrected chi connectivity index (χ3v) is 3.11. The molecule has 0 radical (unpaired) electrons. The minimum atomic E-state index is 0.0350. The van der Waals surface area contributed by atoms with Gasteiger partial charge in [0.1, 0.15) is 0 Å². The third kappa shape index (κ3) is 1.79. The van der Waals surface area contributed by atoms with E-state index >= 15 is 0 Å². The molecular weight excluding hydrogens is 230 g/mol. The molecule has 0 aromatic carbocycles. The fourth-order valence-electron chi connectivity index (χ4n) is 1.18. The SMILES string of the molecule is O=C1CC(S)CN1c1nnc(Cl)s1. The first-order valence-electron chi connectivity index (χ1n) is 3.64. The first-order chi connectivity index (χ1) is 6.16. The van der Waals surface area contributed by atoms with Crippen LogP contribution in [0.2, 0.25) is 4.47 Å². The number of halogens is 1. The van der Waals surface area contributed by atoms with Gasteiger partial charge in [0.25, 0.3) is 0 Å². The lowest BCUT2D eigenvalue weighted by Crippen LogP contribution is -2.24. The standard InChI is InChI=1S/C6H6ClN3OS2/c7-5-8-9-6(13-5)10-2-3(12)1-4(10)11/h3,12H,1-2H2. The fraction of sp³-hybridized carbons (Fsp3) is 0.500. The molecule has 4 nitrogen and oxygen atoms in total. The molecule has 1 aliphatic rings. The van der Waals surface area contributed by atoms with Crippen LogP contribution in [0.4, 0.5) is 5.13 Å². The number of hydrogen-bond acceptors (Lipinski definition) is 5.